The fourth-order valence-corrected chi connectivity index (χ4v) is 3.38. The molecule has 0 bridgehead atoms. The molecule has 106 valence electrons. The largest absolute Gasteiger partial charge is 0.369 e. The van der Waals surface area contributed by atoms with Gasteiger partial charge in [-0.05, 0) is 25.5 Å². The topological polar surface area (TPSA) is 37.8 Å². The Kier molecular flexibility index (Phi) is 4.62. The molecule has 5 heteroatoms. The molecule has 1 aromatic heterocycles. The van der Waals surface area contributed by atoms with Crippen molar-refractivity contribution in [1.82, 2.24) is 9.97 Å². The lowest BCUT2D eigenvalue weighted by Gasteiger charge is -2.20. The molecule has 1 fully saturated rings. The number of halogens is 1. The van der Waals surface area contributed by atoms with E-state index in [1.54, 1.807) is 0 Å². The van der Waals surface area contributed by atoms with Gasteiger partial charge >= 0.3 is 0 Å². The van der Waals surface area contributed by atoms with Crippen LogP contribution in [0.15, 0.2) is 0 Å². The Balaban J connectivity index is 2.16. The molecule has 0 aromatic carbocycles. The maximum Gasteiger partial charge on any atom is 0.137 e. The molecule has 0 spiro atoms. The van der Waals surface area contributed by atoms with Gasteiger partial charge in [-0.2, -0.15) is 11.8 Å². The van der Waals surface area contributed by atoms with E-state index in [-0.39, 0.29) is 5.41 Å². The number of anilines is 1. The minimum Gasteiger partial charge on any atom is -0.369 e. The molecule has 0 radical (unpaired) electrons. The van der Waals surface area contributed by atoms with Crippen molar-refractivity contribution < 1.29 is 0 Å². The summed E-state index contributed by atoms with van der Waals surface area (Å²) in [4.78, 5) is 9.04. The van der Waals surface area contributed by atoms with Crippen LogP contribution in [0.5, 0.6) is 0 Å². The third-order valence-electron chi connectivity index (χ3n) is 3.28. The summed E-state index contributed by atoms with van der Waals surface area (Å²) in [5.74, 6) is 2.96. The van der Waals surface area contributed by atoms with Gasteiger partial charge in [0.05, 0.1) is 0 Å². The second-order valence-corrected chi connectivity index (χ2v) is 7.84. The lowest BCUT2D eigenvalue weighted by atomic mass is 9.95. The molecule has 0 aliphatic carbocycles. The second-order valence-electron chi connectivity index (χ2n) is 6.08. The first-order chi connectivity index (χ1) is 8.88. The third kappa shape index (κ3) is 3.76. The summed E-state index contributed by atoms with van der Waals surface area (Å²) in [6.45, 7) is 9.24. The van der Waals surface area contributed by atoms with Crippen LogP contribution in [0, 0.1) is 6.92 Å². The number of thioether (sulfide) groups is 1. The van der Waals surface area contributed by atoms with E-state index in [1.165, 1.54) is 18.6 Å². The van der Waals surface area contributed by atoms with Crippen LogP contribution in [0.2, 0.25) is 5.15 Å². The van der Waals surface area contributed by atoms with Crippen LogP contribution in [0.4, 0.5) is 5.82 Å². The number of rotatable bonds is 3. The van der Waals surface area contributed by atoms with Crippen molar-refractivity contribution in [3.8, 4) is 0 Å². The Labute approximate surface area is 124 Å². The molecule has 1 aliphatic heterocycles. The lowest BCUT2D eigenvalue weighted by Crippen LogP contribution is -2.20. The predicted octanol–water partition coefficient (Wildman–Crippen LogP) is 4.04. The van der Waals surface area contributed by atoms with E-state index >= 15 is 0 Å². The zero-order valence-corrected chi connectivity index (χ0v) is 13.7. The normalized spacial score (nSPS) is 19.7. The van der Waals surface area contributed by atoms with Crippen LogP contribution < -0.4 is 5.32 Å². The molecule has 1 aliphatic rings. The van der Waals surface area contributed by atoms with Gasteiger partial charge in [0.2, 0.25) is 0 Å². The highest BCUT2D eigenvalue weighted by atomic mass is 35.5. The predicted molar refractivity (Wildman–Crippen MR) is 84.4 cm³/mol. The number of nitrogens with one attached hydrogen (secondary N) is 1. The zero-order chi connectivity index (χ0) is 14.0. The second kappa shape index (κ2) is 5.88. The number of aromatic nitrogens is 2. The van der Waals surface area contributed by atoms with Crippen molar-refractivity contribution in [2.75, 3.05) is 17.6 Å². The van der Waals surface area contributed by atoms with Gasteiger partial charge in [0, 0.05) is 22.8 Å². The third-order valence-corrected chi connectivity index (χ3v) is 5.04. The molecule has 2 rings (SSSR count). The molecule has 2 heterocycles. The summed E-state index contributed by atoms with van der Waals surface area (Å²) in [7, 11) is 0. The Morgan fingerprint density at radius 1 is 1.37 bits per heavy atom. The summed E-state index contributed by atoms with van der Waals surface area (Å²) in [6.07, 6.45) is 2.62. The van der Waals surface area contributed by atoms with Crippen molar-refractivity contribution in [3.63, 3.8) is 0 Å². The van der Waals surface area contributed by atoms with Gasteiger partial charge in [0.1, 0.15) is 16.8 Å². The molecule has 1 N–H and O–H groups in total. The van der Waals surface area contributed by atoms with Gasteiger partial charge < -0.3 is 5.32 Å². The summed E-state index contributed by atoms with van der Waals surface area (Å²) in [5, 5.41) is 4.71. The van der Waals surface area contributed by atoms with Crippen LogP contribution in [-0.4, -0.2) is 27.5 Å². The van der Waals surface area contributed by atoms with E-state index < -0.39 is 0 Å². The van der Waals surface area contributed by atoms with Gasteiger partial charge in [0.15, 0.2) is 0 Å². The standard InChI is InChI=1S/C14H22ClN3S/c1-9-11(15)17-13(14(2,3)4)18-12(9)16-8-10-6-5-7-19-10/h10H,5-8H2,1-4H3,(H,16,17,18). The molecule has 19 heavy (non-hydrogen) atoms. The Morgan fingerprint density at radius 3 is 2.68 bits per heavy atom. The average molecular weight is 300 g/mol. The minimum absolute atomic E-state index is 0.0874. The number of hydrogen-bond donors (Lipinski definition) is 1. The van der Waals surface area contributed by atoms with Crippen molar-refractivity contribution in [3.05, 3.63) is 16.5 Å². The highest BCUT2D eigenvalue weighted by Gasteiger charge is 2.21. The van der Waals surface area contributed by atoms with E-state index in [9.17, 15) is 0 Å². The zero-order valence-electron chi connectivity index (χ0n) is 12.1. The molecule has 3 nitrogen and oxygen atoms in total. The van der Waals surface area contributed by atoms with E-state index in [2.05, 4.69) is 36.1 Å². The first kappa shape index (κ1) is 14.9. The maximum atomic E-state index is 6.22. The van der Waals surface area contributed by atoms with Crippen molar-refractivity contribution in [1.29, 1.82) is 0 Å². The van der Waals surface area contributed by atoms with E-state index in [4.69, 9.17) is 11.6 Å². The van der Waals surface area contributed by atoms with Gasteiger partial charge in [-0.3, -0.25) is 0 Å². The van der Waals surface area contributed by atoms with Crippen LogP contribution in [0.25, 0.3) is 0 Å². The summed E-state index contributed by atoms with van der Waals surface area (Å²) < 4.78 is 0. The fourth-order valence-electron chi connectivity index (χ4n) is 2.01. The Bertz CT molecular complexity index is 451. The van der Waals surface area contributed by atoms with Gasteiger partial charge in [0.25, 0.3) is 0 Å². The fraction of sp³-hybridized carbons (Fsp3) is 0.714. The van der Waals surface area contributed by atoms with Gasteiger partial charge in [-0.1, -0.05) is 32.4 Å². The molecular weight excluding hydrogens is 278 g/mol. The van der Waals surface area contributed by atoms with E-state index in [1.807, 2.05) is 18.7 Å². The molecule has 0 saturated carbocycles. The summed E-state index contributed by atoms with van der Waals surface area (Å²) in [5.41, 5.74) is 0.855. The van der Waals surface area contributed by atoms with Crippen molar-refractivity contribution in [2.45, 2.75) is 51.2 Å². The van der Waals surface area contributed by atoms with Gasteiger partial charge in [-0.15, -0.1) is 0 Å². The monoisotopic (exact) mass is 299 g/mol. The highest BCUT2D eigenvalue weighted by Crippen LogP contribution is 2.29. The smallest absolute Gasteiger partial charge is 0.137 e. The van der Waals surface area contributed by atoms with E-state index in [0.717, 1.165) is 23.8 Å². The van der Waals surface area contributed by atoms with Crippen molar-refractivity contribution in [2.24, 2.45) is 0 Å². The highest BCUT2D eigenvalue weighted by molar-refractivity contribution is 8.00. The van der Waals surface area contributed by atoms with Crippen LogP contribution in [-0.2, 0) is 5.41 Å². The molecular formula is C14H22ClN3S. The lowest BCUT2D eigenvalue weighted by molar-refractivity contribution is 0.545. The van der Waals surface area contributed by atoms with Crippen LogP contribution in [0.1, 0.15) is 45.0 Å². The van der Waals surface area contributed by atoms with Crippen molar-refractivity contribution >= 4 is 29.2 Å². The Hall–Kier alpha value is -0.480. The Morgan fingerprint density at radius 2 is 2.11 bits per heavy atom. The number of nitrogens with zero attached hydrogens (tertiary/aromatic N) is 2. The van der Waals surface area contributed by atoms with Gasteiger partial charge in [-0.25, -0.2) is 9.97 Å². The molecule has 1 unspecified atom stereocenters. The molecule has 1 aromatic rings. The molecule has 0 amide bonds. The average Bonchev–Trinajstić information content (AvgIpc) is 2.82. The van der Waals surface area contributed by atoms with Crippen LogP contribution >= 0.6 is 23.4 Å². The van der Waals surface area contributed by atoms with Crippen LogP contribution in [0.3, 0.4) is 0 Å². The first-order valence-electron chi connectivity index (χ1n) is 6.78. The molecule has 1 saturated heterocycles. The molecule has 1 atom stereocenters. The maximum absolute atomic E-state index is 6.22. The summed E-state index contributed by atoms with van der Waals surface area (Å²) >= 11 is 8.27. The quantitative estimate of drug-likeness (QED) is 0.855. The van der Waals surface area contributed by atoms with E-state index in [0.29, 0.717) is 10.4 Å². The SMILES string of the molecule is Cc1c(Cl)nc(C(C)(C)C)nc1NCC1CCCS1. The number of hydrogen-bond acceptors (Lipinski definition) is 4. The minimum atomic E-state index is -0.0874. The summed E-state index contributed by atoms with van der Waals surface area (Å²) in [6, 6.07) is 0. The first-order valence-corrected chi connectivity index (χ1v) is 8.20.